The maximum Gasteiger partial charge on any atom is 0.416 e. The second-order valence-corrected chi connectivity index (χ2v) is 7.58. The number of nitrogens with zero attached hydrogens (tertiary/aromatic N) is 2. The molecule has 1 amide bonds. The summed E-state index contributed by atoms with van der Waals surface area (Å²) in [5, 5.41) is 2.60. The molecule has 2 radical (unpaired) electrons. The van der Waals surface area contributed by atoms with Crippen molar-refractivity contribution in [3.63, 3.8) is 0 Å². The highest BCUT2D eigenvalue weighted by Crippen LogP contribution is 2.35. The Kier molecular flexibility index (Phi) is 6.94. The first kappa shape index (κ1) is 21.3. The summed E-state index contributed by atoms with van der Waals surface area (Å²) in [5.74, 6) is -0.487. The molecule has 9 heteroatoms. The van der Waals surface area contributed by atoms with Crippen molar-refractivity contribution in [1.82, 2.24) is 4.90 Å². The number of rotatable bonds is 7. The van der Waals surface area contributed by atoms with Gasteiger partial charge in [-0.05, 0) is 56.1 Å². The molecule has 4 nitrogen and oxygen atoms in total. The lowest BCUT2D eigenvalue weighted by molar-refractivity contribution is -0.137. The average molecular weight is 395 g/mol. The Balaban J connectivity index is 2.28. The third kappa shape index (κ3) is 6.00. The van der Waals surface area contributed by atoms with Crippen molar-refractivity contribution < 1.29 is 18.0 Å². The molecule has 1 aromatic heterocycles. The Hall–Kier alpha value is -2.00. The minimum absolute atomic E-state index is 0.120. The average Bonchev–Trinajstić information content (AvgIpc) is 3.00. The van der Waals surface area contributed by atoms with Crippen LogP contribution in [0, 0.1) is 0 Å². The first-order chi connectivity index (χ1) is 12.6. The van der Waals surface area contributed by atoms with E-state index in [0.29, 0.717) is 21.9 Å². The molecule has 0 spiro atoms. The number of anilines is 2. The smallest absolute Gasteiger partial charge is 0.373 e. The molecular weight excluding hydrogens is 374 g/mol. The van der Waals surface area contributed by atoms with E-state index in [1.165, 1.54) is 6.07 Å². The van der Waals surface area contributed by atoms with Gasteiger partial charge in [0, 0.05) is 13.6 Å². The summed E-state index contributed by atoms with van der Waals surface area (Å²) in [6.45, 7) is 1.49. The van der Waals surface area contributed by atoms with Gasteiger partial charge in [-0.25, -0.2) is 0 Å². The Labute approximate surface area is 162 Å². The standard InChI is InChI=1S/C18H21BF3N3OS/c1-24(2)9-4-10-25(3)14-6-5-12(18(20,21)22)11-13(14)23-17(26)15-7-8-16(19)27-15/h5-8,11H,4,9-10H2,1-3H3,(H,23,26). The molecule has 1 aromatic carbocycles. The number of thiophene rings is 1. The highest BCUT2D eigenvalue weighted by atomic mass is 32.1. The SMILES string of the molecule is [B]c1ccc(C(=O)Nc2cc(C(F)(F)F)ccc2N(C)CCCN(C)C)s1. The fraction of sp³-hybridized carbons (Fsp3) is 0.389. The second kappa shape index (κ2) is 8.80. The largest absolute Gasteiger partial charge is 0.416 e. The molecule has 27 heavy (non-hydrogen) atoms. The molecule has 0 saturated heterocycles. The topological polar surface area (TPSA) is 35.6 Å². The van der Waals surface area contributed by atoms with Crippen LogP contribution in [0.15, 0.2) is 30.3 Å². The summed E-state index contributed by atoms with van der Waals surface area (Å²) in [6, 6.07) is 6.50. The molecule has 1 N–H and O–H groups in total. The molecule has 144 valence electrons. The molecule has 0 aliphatic heterocycles. The first-order valence-corrected chi connectivity index (χ1v) is 9.13. The van der Waals surface area contributed by atoms with E-state index in [0.717, 1.165) is 36.4 Å². The van der Waals surface area contributed by atoms with Gasteiger partial charge in [0.05, 0.1) is 21.8 Å². The van der Waals surface area contributed by atoms with Gasteiger partial charge in [-0.15, -0.1) is 11.3 Å². The van der Waals surface area contributed by atoms with Crippen LogP contribution in [0.1, 0.15) is 21.7 Å². The molecule has 2 aromatic rings. The van der Waals surface area contributed by atoms with Gasteiger partial charge in [0.2, 0.25) is 0 Å². The van der Waals surface area contributed by atoms with E-state index >= 15 is 0 Å². The highest BCUT2D eigenvalue weighted by Gasteiger charge is 2.31. The van der Waals surface area contributed by atoms with Gasteiger partial charge < -0.3 is 15.1 Å². The molecule has 0 fully saturated rings. The first-order valence-electron chi connectivity index (χ1n) is 8.31. The molecule has 0 aliphatic rings. The predicted molar refractivity (Wildman–Crippen MR) is 106 cm³/mol. The monoisotopic (exact) mass is 395 g/mol. The summed E-state index contributed by atoms with van der Waals surface area (Å²) in [5.41, 5.74) is -0.164. The van der Waals surface area contributed by atoms with Gasteiger partial charge in [0.1, 0.15) is 7.85 Å². The van der Waals surface area contributed by atoms with E-state index in [2.05, 4.69) is 5.32 Å². The van der Waals surface area contributed by atoms with Crippen molar-refractivity contribution in [1.29, 1.82) is 0 Å². The fourth-order valence-electron chi connectivity index (χ4n) is 2.55. The molecule has 0 saturated carbocycles. The highest BCUT2D eigenvalue weighted by molar-refractivity contribution is 7.21. The van der Waals surface area contributed by atoms with Crippen LogP contribution in [0.2, 0.25) is 0 Å². The van der Waals surface area contributed by atoms with Crippen molar-refractivity contribution in [3.8, 4) is 0 Å². The van der Waals surface area contributed by atoms with Crippen molar-refractivity contribution in [2.24, 2.45) is 0 Å². The van der Waals surface area contributed by atoms with Crippen LogP contribution in [0.3, 0.4) is 0 Å². The fourth-order valence-corrected chi connectivity index (χ4v) is 3.22. The number of halogens is 3. The zero-order valence-electron chi connectivity index (χ0n) is 15.4. The Morgan fingerprint density at radius 1 is 1.15 bits per heavy atom. The van der Waals surface area contributed by atoms with Crippen molar-refractivity contribution in [2.45, 2.75) is 12.6 Å². The number of carbonyl (C=O) groups excluding carboxylic acids is 1. The van der Waals surface area contributed by atoms with Gasteiger partial charge in [-0.2, -0.15) is 13.2 Å². The molecular formula is C18H21BF3N3OS. The molecule has 0 aliphatic carbocycles. The lowest BCUT2D eigenvalue weighted by Crippen LogP contribution is -2.25. The number of nitrogens with one attached hydrogen (secondary N) is 1. The van der Waals surface area contributed by atoms with E-state index in [1.807, 2.05) is 23.9 Å². The molecule has 0 bridgehead atoms. The summed E-state index contributed by atoms with van der Waals surface area (Å²) < 4.78 is 39.8. The third-order valence-electron chi connectivity index (χ3n) is 3.93. The van der Waals surface area contributed by atoms with Crippen molar-refractivity contribution >= 4 is 41.2 Å². The maximum atomic E-state index is 13.1. The summed E-state index contributed by atoms with van der Waals surface area (Å²) >= 11 is 1.08. The lowest BCUT2D eigenvalue weighted by Gasteiger charge is -2.24. The van der Waals surface area contributed by atoms with Crippen LogP contribution in [-0.2, 0) is 6.18 Å². The second-order valence-electron chi connectivity index (χ2n) is 6.46. The molecule has 0 atom stereocenters. The van der Waals surface area contributed by atoms with Gasteiger partial charge >= 0.3 is 6.18 Å². The number of hydrogen-bond donors (Lipinski definition) is 1. The Bertz CT molecular complexity index is 792. The van der Waals surface area contributed by atoms with Crippen LogP contribution >= 0.6 is 11.3 Å². The summed E-state index contributed by atoms with van der Waals surface area (Å²) in [4.78, 5) is 16.6. The van der Waals surface area contributed by atoms with E-state index in [4.69, 9.17) is 7.85 Å². The van der Waals surface area contributed by atoms with E-state index in [-0.39, 0.29) is 5.69 Å². The minimum atomic E-state index is -4.49. The number of benzene rings is 1. The zero-order valence-corrected chi connectivity index (χ0v) is 16.2. The van der Waals surface area contributed by atoms with Gasteiger partial charge in [-0.3, -0.25) is 4.79 Å². The zero-order chi connectivity index (χ0) is 20.2. The van der Waals surface area contributed by atoms with Crippen LogP contribution in [0.5, 0.6) is 0 Å². The van der Waals surface area contributed by atoms with Crippen LogP contribution in [0.4, 0.5) is 24.5 Å². The maximum absolute atomic E-state index is 13.1. The number of carbonyl (C=O) groups is 1. The number of alkyl halides is 3. The quantitative estimate of drug-likeness (QED) is 0.732. The Morgan fingerprint density at radius 3 is 2.41 bits per heavy atom. The van der Waals surface area contributed by atoms with Crippen molar-refractivity contribution in [3.05, 3.63) is 40.8 Å². The summed E-state index contributed by atoms with van der Waals surface area (Å²) in [6.07, 6.45) is -3.66. The van der Waals surface area contributed by atoms with Crippen LogP contribution in [-0.4, -0.2) is 52.9 Å². The third-order valence-corrected chi connectivity index (χ3v) is 4.85. The number of amides is 1. The van der Waals surface area contributed by atoms with Gasteiger partial charge in [-0.1, -0.05) is 6.07 Å². The lowest BCUT2D eigenvalue weighted by atomic mass is 10.1. The minimum Gasteiger partial charge on any atom is -0.373 e. The predicted octanol–water partition coefficient (Wildman–Crippen LogP) is 3.20. The molecule has 0 unspecified atom stereocenters. The molecule has 1 heterocycles. The van der Waals surface area contributed by atoms with Crippen LogP contribution in [0.25, 0.3) is 0 Å². The Morgan fingerprint density at radius 2 is 1.85 bits per heavy atom. The normalized spacial score (nSPS) is 11.7. The van der Waals surface area contributed by atoms with Crippen molar-refractivity contribution in [2.75, 3.05) is 44.4 Å². The molecule has 2 rings (SSSR count). The van der Waals surface area contributed by atoms with E-state index < -0.39 is 17.6 Å². The van der Waals surface area contributed by atoms with Gasteiger partial charge in [0.15, 0.2) is 0 Å². The number of hydrogen-bond acceptors (Lipinski definition) is 4. The van der Waals surface area contributed by atoms with Crippen LogP contribution < -0.4 is 15.0 Å². The summed E-state index contributed by atoms with van der Waals surface area (Å²) in [7, 11) is 11.3. The van der Waals surface area contributed by atoms with Gasteiger partial charge in [0.25, 0.3) is 5.91 Å². The van der Waals surface area contributed by atoms with E-state index in [9.17, 15) is 18.0 Å². The van der Waals surface area contributed by atoms with E-state index in [1.54, 1.807) is 19.2 Å².